The average Bonchev–Trinajstić information content (AvgIpc) is 2.80. The topological polar surface area (TPSA) is 48.3 Å². The number of nitriles is 1. The first-order chi connectivity index (χ1) is 9.09. The van der Waals surface area contributed by atoms with Crippen molar-refractivity contribution in [3.05, 3.63) is 0 Å². The molecular formula is C15H29N3O. The molecule has 1 aliphatic carbocycles. The maximum absolute atomic E-state index is 9.53. The Balaban J connectivity index is 2.49. The number of methoxy groups -OCH3 is 1. The molecule has 1 aliphatic rings. The van der Waals surface area contributed by atoms with E-state index in [2.05, 4.69) is 37.2 Å². The molecule has 3 atom stereocenters. The van der Waals surface area contributed by atoms with Crippen LogP contribution in [0.4, 0.5) is 0 Å². The molecule has 0 aromatic carbocycles. The summed E-state index contributed by atoms with van der Waals surface area (Å²) >= 11 is 0. The summed E-state index contributed by atoms with van der Waals surface area (Å²) in [6, 6.07) is 2.98. The molecule has 1 rings (SSSR count). The van der Waals surface area contributed by atoms with Crippen LogP contribution in [-0.2, 0) is 4.74 Å². The highest BCUT2D eigenvalue weighted by atomic mass is 16.5. The van der Waals surface area contributed by atoms with Crippen LogP contribution in [0.2, 0.25) is 0 Å². The molecule has 0 amide bonds. The largest absolute Gasteiger partial charge is 0.383 e. The van der Waals surface area contributed by atoms with Crippen molar-refractivity contribution in [2.45, 2.75) is 51.1 Å². The van der Waals surface area contributed by atoms with E-state index >= 15 is 0 Å². The van der Waals surface area contributed by atoms with Crippen molar-refractivity contribution < 1.29 is 4.74 Å². The monoisotopic (exact) mass is 267 g/mol. The van der Waals surface area contributed by atoms with E-state index in [9.17, 15) is 5.26 Å². The van der Waals surface area contributed by atoms with Gasteiger partial charge in [-0.05, 0) is 52.2 Å². The van der Waals surface area contributed by atoms with E-state index in [0.717, 1.165) is 32.5 Å². The maximum atomic E-state index is 9.53. The average molecular weight is 267 g/mol. The Morgan fingerprint density at radius 2 is 2.32 bits per heavy atom. The predicted molar refractivity (Wildman–Crippen MR) is 77.9 cm³/mol. The van der Waals surface area contributed by atoms with Crippen molar-refractivity contribution in [2.24, 2.45) is 5.92 Å². The van der Waals surface area contributed by atoms with Crippen LogP contribution in [0.25, 0.3) is 0 Å². The first-order valence-corrected chi connectivity index (χ1v) is 7.45. The smallest absolute Gasteiger partial charge is 0.109 e. The SMILES string of the molecule is CCNC1(C#N)CCCC1CCN(C)C(C)COC. The normalized spacial score (nSPS) is 28.5. The number of likely N-dealkylation sites (N-methyl/N-ethyl adjacent to an activating group) is 1. The molecule has 4 heteroatoms. The van der Waals surface area contributed by atoms with E-state index in [1.165, 1.54) is 12.8 Å². The standard InChI is InChI=1S/C15H29N3O/c1-5-17-15(12-16)9-6-7-14(15)8-10-18(3)13(2)11-19-4/h13-14,17H,5-11H2,1-4H3. The number of ether oxygens (including phenoxy) is 1. The highest BCUT2D eigenvalue weighted by molar-refractivity contribution is 5.14. The van der Waals surface area contributed by atoms with Gasteiger partial charge < -0.3 is 9.64 Å². The summed E-state index contributed by atoms with van der Waals surface area (Å²) in [7, 11) is 3.88. The van der Waals surface area contributed by atoms with Gasteiger partial charge in [-0.1, -0.05) is 13.3 Å². The molecule has 1 fully saturated rings. The van der Waals surface area contributed by atoms with Gasteiger partial charge in [-0.3, -0.25) is 5.32 Å². The molecule has 19 heavy (non-hydrogen) atoms. The Hall–Kier alpha value is -0.630. The third kappa shape index (κ3) is 4.17. The van der Waals surface area contributed by atoms with Gasteiger partial charge in [0.2, 0.25) is 0 Å². The molecule has 110 valence electrons. The second kappa shape index (κ2) is 7.84. The third-order valence-corrected chi connectivity index (χ3v) is 4.50. The summed E-state index contributed by atoms with van der Waals surface area (Å²) < 4.78 is 5.19. The van der Waals surface area contributed by atoms with Crippen LogP contribution in [0.1, 0.15) is 39.5 Å². The van der Waals surface area contributed by atoms with Crippen molar-refractivity contribution in [3.8, 4) is 6.07 Å². The highest BCUT2D eigenvalue weighted by Crippen LogP contribution is 2.37. The van der Waals surface area contributed by atoms with E-state index in [4.69, 9.17) is 4.74 Å². The summed E-state index contributed by atoms with van der Waals surface area (Å²) in [5.41, 5.74) is -0.278. The van der Waals surface area contributed by atoms with Gasteiger partial charge in [0.1, 0.15) is 5.54 Å². The van der Waals surface area contributed by atoms with Crippen LogP contribution in [0.3, 0.4) is 0 Å². The van der Waals surface area contributed by atoms with Crippen LogP contribution >= 0.6 is 0 Å². The Morgan fingerprint density at radius 3 is 2.89 bits per heavy atom. The van der Waals surface area contributed by atoms with Gasteiger partial charge in [0, 0.05) is 13.2 Å². The molecule has 1 saturated carbocycles. The Kier molecular flexibility index (Phi) is 6.78. The molecule has 0 aromatic rings. The highest BCUT2D eigenvalue weighted by Gasteiger charge is 2.42. The molecule has 3 unspecified atom stereocenters. The predicted octanol–water partition coefficient (Wildman–Crippen LogP) is 2.02. The third-order valence-electron chi connectivity index (χ3n) is 4.50. The van der Waals surface area contributed by atoms with Crippen LogP contribution in [-0.4, -0.2) is 50.3 Å². The van der Waals surface area contributed by atoms with E-state index in [0.29, 0.717) is 12.0 Å². The van der Waals surface area contributed by atoms with Crippen molar-refractivity contribution in [3.63, 3.8) is 0 Å². The lowest BCUT2D eigenvalue weighted by molar-refractivity contribution is 0.109. The van der Waals surface area contributed by atoms with E-state index in [-0.39, 0.29) is 5.54 Å². The number of hydrogen-bond acceptors (Lipinski definition) is 4. The van der Waals surface area contributed by atoms with Gasteiger partial charge in [0.25, 0.3) is 0 Å². The summed E-state index contributed by atoms with van der Waals surface area (Å²) in [5, 5.41) is 13.0. The Morgan fingerprint density at radius 1 is 1.58 bits per heavy atom. The van der Waals surface area contributed by atoms with Crippen molar-refractivity contribution in [1.29, 1.82) is 5.26 Å². The minimum Gasteiger partial charge on any atom is -0.383 e. The Labute approximate surface area is 118 Å². The van der Waals surface area contributed by atoms with Crippen molar-refractivity contribution in [2.75, 3.05) is 33.9 Å². The van der Waals surface area contributed by atoms with Crippen molar-refractivity contribution >= 4 is 0 Å². The molecule has 0 bridgehead atoms. The summed E-state index contributed by atoms with van der Waals surface area (Å²) in [5.74, 6) is 0.481. The first kappa shape index (κ1) is 16.4. The molecular weight excluding hydrogens is 238 g/mol. The lowest BCUT2D eigenvalue weighted by Crippen LogP contribution is -2.48. The van der Waals surface area contributed by atoms with Crippen LogP contribution in [0.15, 0.2) is 0 Å². The summed E-state index contributed by atoms with van der Waals surface area (Å²) in [4.78, 5) is 2.33. The van der Waals surface area contributed by atoms with Crippen LogP contribution in [0, 0.1) is 17.2 Å². The second-order valence-electron chi connectivity index (χ2n) is 5.78. The molecule has 0 aliphatic heterocycles. The number of hydrogen-bond donors (Lipinski definition) is 1. The fraction of sp³-hybridized carbons (Fsp3) is 0.933. The quantitative estimate of drug-likeness (QED) is 0.731. The molecule has 0 heterocycles. The molecule has 0 aromatic heterocycles. The lowest BCUT2D eigenvalue weighted by atomic mass is 9.85. The molecule has 0 spiro atoms. The first-order valence-electron chi connectivity index (χ1n) is 7.45. The zero-order valence-corrected chi connectivity index (χ0v) is 12.9. The van der Waals surface area contributed by atoms with Gasteiger partial charge >= 0.3 is 0 Å². The fourth-order valence-electron chi connectivity index (χ4n) is 3.15. The minimum atomic E-state index is -0.278. The van der Waals surface area contributed by atoms with Crippen LogP contribution < -0.4 is 5.32 Å². The van der Waals surface area contributed by atoms with Gasteiger partial charge in [0.05, 0.1) is 12.7 Å². The van der Waals surface area contributed by atoms with E-state index in [1.54, 1.807) is 7.11 Å². The van der Waals surface area contributed by atoms with Gasteiger partial charge in [-0.2, -0.15) is 5.26 Å². The molecule has 0 radical (unpaired) electrons. The molecule has 4 nitrogen and oxygen atoms in total. The maximum Gasteiger partial charge on any atom is 0.109 e. The Bertz CT molecular complexity index is 302. The van der Waals surface area contributed by atoms with Crippen LogP contribution in [0.5, 0.6) is 0 Å². The van der Waals surface area contributed by atoms with E-state index < -0.39 is 0 Å². The van der Waals surface area contributed by atoms with E-state index in [1.807, 2.05) is 0 Å². The van der Waals surface area contributed by atoms with Crippen molar-refractivity contribution in [1.82, 2.24) is 10.2 Å². The zero-order chi connectivity index (χ0) is 14.3. The van der Waals surface area contributed by atoms with Gasteiger partial charge in [-0.15, -0.1) is 0 Å². The zero-order valence-electron chi connectivity index (χ0n) is 12.9. The van der Waals surface area contributed by atoms with Gasteiger partial charge in [-0.25, -0.2) is 0 Å². The molecule has 0 saturated heterocycles. The summed E-state index contributed by atoms with van der Waals surface area (Å²) in [6.07, 6.45) is 4.43. The molecule has 1 N–H and O–H groups in total. The number of nitrogens with zero attached hydrogens (tertiary/aromatic N) is 2. The number of rotatable bonds is 8. The summed E-state index contributed by atoms with van der Waals surface area (Å²) in [6.45, 7) is 6.93. The second-order valence-corrected chi connectivity index (χ2v) is 5.78. The number of nitrogens with one attached hydrogen (secondary N) is 1. The fourth-order valence-corrected chi connectivity index (χ4v) is 3.15. The van der Waals surface area contributed by atoms with Gasteiger partial charge in [0.15, 0.2) is 0 Å². The lowest BCUT2D eigenvalue weighted by Gasteiger charge is -2.32. The minimum absolute atomic E-state index is 0.278.